The molecule has 1 heterocycles. The van der Waals surface area contributed by atoms with Crippen molar-refractivity contribution in [1.82, 2.24) is 10.2 Å². The van der Waals surface area contributed by atoms with E-state index >= 15 is 0 Å². The summed E-state index contributed by atoms with van der Waals surface area (Å²) in [5, 5.41) is 2.86. The number of thioether (sulfide) groups is 1. The third kappa shape index (κ3) is 2.76. The molecule has 2 rings (SSSR count). The van der Waals surface area contributed by atoms with Crippen molar-refractivity contribution in [3.63, 3.8) is 0 Å². The maximum Gasteiger partial charge on any atom is 0.245 e. The molecule has 0 bridgehead atoms. The van der Waals surface area contributed by atoms with E-state index in [-0.39, 0.29) is 34.6 Å². The van der Waals surface area contributed by atoms with Gasteiger partial charge in [-0.1, -0.05) is 20.8 Å². The average molecular weight is 284 g/mol. The molecule has 2 unspecified atom stereocenters. The molecule has 2 amide bonds. The molecule has 5 heteroatoms. The summed E-state index contributed by atoms with van der Waals surface area (Å²) in [6, 6.07) is -0.639. The molecule has 1 saturated heterocycles. The minimum absolute atomic E-state index is 0.0124. The Morgan fingerprint density at radius 1 is 1.42 bits per heavy atom. The van der Waals surface area contributed by atoms with Gasteiger partial charge in [-0.3, -0.25) is 9.59 Å². The van der Waals surface area contributed by atoms with Gasteiger partial charge in [0.25, 0.3) is 0 Å². The van der Waals surface area contributed by atoms with Gasteiger partial charge in [0.15, 0.2) is 0 Å². The van der Waals surface area contributed by atoms with Crippen molar-refractivity contribution in [3.8, 4) is 0 Å². The van der Waals surface area contributed by atoms with Crippen LogP contribution < -0.4 is 5.32 Å². The average Bonchev–Trinajstić information content (AvgIpc) is 3.13. The smallest absolute Gasteiger partial charge is 0.245 e. The SMILES string of the molecule is CCC1NC(=O)C(C(C)C)N(CC2(SC)CC2)C1=O. The fourth-order valence-corrected chi connectivity index (χ4v) is 3.57. The number of nitrogens with one attached hydrogen (secondary N) is 1. The van der Waals surface area contributed by atoms with Crippen LogP contribution in [0.5, 0.6) is 0 Å². The first-order valence-electron chi connectivity index (χ1n) is 7.10. The number of hydrogen-bond acceptors (Lipinski definition) is 3. The summed E-state index contributed by atoms with van der Waals surface area (Å²) in [4.78, 5) is 26.6. The van der Waals surface area contributed by atoms with Gasteiger partial charge in [-0.25, -0.2) is 0 Å². The zero-order valence-corrected chi connectivity index (χ0v) is 13.0. The second-order valence-electron chi connectivity index (χ2n) is 6.01. The molecule has 1 saturated carbocycles. The van der Waals surface area contributed by atoms with Gasteiger partial charge in [0, 0.05) is 11.3 Å². The number of carbonyl (C=O) groups excluding carboxylic acids is 2. The first-order valence-corrected chi connectivity index (χ1v) is 8.32. The fourth-order valence-electron chi connectivity index (χ4n) is 2.79. The van der Waals surface area contributed by atoms with Crippen LogP contribution >= 0.6 is 11.8 Å². The summed E-state index contributed by atoms with van der Waals surface area (Å²) < 4.78 is 0.207. The number of amides is 2. The molecule has 0 aromatic carbocycles. The molecule has 1 N–H and O–H groups in total. The fraction of sp³-hybridized carbons (Fsp3) is 0.857. The van der Waals surface area contributed by atoms with Gasteiger partial charge in [0.1, 0.15) is 12.1 Å². The zero-order chi connectivity index (χ0) is 14.2. The standard InChI is InChI=1S/C14H24N2O2S/c1-5-10-13(18)16(8-14(19-4)6-7-14)11(9(2)3)12(17)15-10/h9-11H,5-8H2,1-4H3,(H,15,17). The van der Waals surface area contributed by atoms with Gasteiger partial charge in [-0.2, -0.15) is 11.8 Å². The second-order valence-corrected chi connectivity index (χ2v) is 7.29. The normalized spacial score (nSPS) is 29.6. The zero-order valence-electron chi connectivity index (χ0n) is 12.2. The van der Waals surface area contributed by atoms with Gasteiger partial charge < -0.3 is 10.2 Å². The Morgan fingerprint density at radius 2 is 2.05 bits per heavy atom. The van der Waals surface area contributed by atoms with Crippen molar-refractivity contribution in [2.24, 2.45) is 5.92 Å². The lowest BCUT2D eigenvalue weighted by Crippen LogP contribution is -2.65. The molecule has 0 aromatic heterocycles. The first kappa shape index (κ1) is 14.7. The topological polar surface area (TPSA) is 49.4 Å². The first-order chi connectivity index (χ1) is 8.94. The summed E-state index contributed by atoms with van der Waals surface area (Å²) in [6.45, 7) is 6.68. The lowest BCUT2D eigenvalue weighted by atomic mass is 9.96. The molecule has 0 spiro atoms. The number of nitrogens with zero attached hydrogens (tertiary/aromatic N) is 1. The van der Waals surface area contributed by atoms with Gasteiger partial charge in [-0.15, -0.1) is 0 Å². The Balaban J connectivity index is 2.21. The monoisotopic (exact) mass is 284 g/mol. The van der Waals surface area contributed by atoms with Gasteiger partial charge in [-0.05, 0) is 31.4 Å². The van der Waals surface area contributed by atoms with E-state index in [1.54, 1.807) is 0 Å². The molecule has 108 valence electrons. The van der Waals surface area contributed by atoms with E-state index in [2.05, 4.69) is 11.6 Å². The molecule has 19 heavy (non-hydrogen) atoms. The van der Waals surface area contributed by atoms with E-state index < -0.39 is 0 Å². The van der Waals surface area contributed by atoms with Crippen molar-refractivity contribution in [2.75, 3.05) is 12.8 Å². The Hall–Kier alpha value is -0.710. The van der Waals surface area contributed by atoms with Crippen LogP contribution in [0.1, 0.15) is 40.0 Å². The van der Waals surface area contributed by atoms with Crippen LogP contribution in [0.15, 0.2) is 0 Å². The van der Waals surface area contributed by atoms with Crippen LogP contribution in [0.25, 0.3) is 0 Å². The summed E-state index contributed by atoms with van der Waals surface area (Å²) in [6.07, 6.45) is 5.07. The van der Waals surface area contributed by atoms with Crippen molar-refractivity contribution in [2.45, 2.75) is 56.9 Å². The van der Waals surface area contributed by atoms with Crippen LogP contribution in [-0.2, 0) is 9.59 Å². The Labute approximate surface area is 119 Å². The molecule has 0 radical (unpaired) electrons. The molecule has 1 aliphatic heterocycles. The maximum absolute atomic E-state index is 12.5. The number of hydrogen-bond donors (Lipinski definition) is 1. The predicted octanol–water partition coefficient (Wildman–Crippen LogP) is 1.64. The highest BCUT2D eigenvalue weighted by atomic mass is 32.2. The summed E-state index contributed by atoms with van der Waals surface area (Å²) in [7, 11) is 0. The summed E-state index contributed by atoms with van der Waals surface area (Å²) in [5.41, 5.74) is 0. The molecule has 2 fully saturated rings. The maximum atomic E-state index is 12.5. The predicted molar refractivity (Wildman–Crippen MR) is 78.0 cm³/mol. The lowest BCUT2D eigenvalue weighted by Gasteiger charge is -2.42. The van der Waals surface area contributed by atoms with Crippen molar-refractivity contribution < 1.29 is 9.59 Å². The van der Waals surface area contributed by atoms with Crippen LogP contribution in [0.2, 0.25) is 0 Å². The van der Waals surface area contributed by atoms with Crippen molar-refractivity contribution >= 4 is 23.6 Å². The van der Waals surface area contributed by atoms with Crippen molar-refractivity contribution in [3.05, 3.63) is 0 Å². The molecular formula is C14H24N2O2S. The molecule has 0 aromatic rings. The van der Waals surface area contributed by atoms with Crippen LogP contribution in [0, 0.1) is 5.92 Å². The van der Waals surface area contributed by atoms with E-state index in [1.807, 2.05) is 37.4 Å². The Kier molecular flexibility index (Phi) is 4.14. The number of rotatable bonds is 5. The van der Waals surface area contributed by atoms with Crippen LogP contribution in [0.4, 0.5) is 0 Å². The Morgan fingerprint density at radius 3 is 2.47 bits per heavy atom. The quantitative estimate of drug-likeness (QED) is 0.835. The second kappa shape index (κ2) is 5.35. The van der Waals surface area contributed by atoms with E-state index in [9.17, 15) is 9.59 Å². The highest BCUT2D eigenvalue weighted by molar-refractivity contribution is 8.00. The van der Waals surface area contributed by atoms with E-state index in [0.29, 0.717) is 6.42 Å². The number of carbonyl (C=O) groups is 2. The van der Waals surface area contributed by atoms with E-state index in [0.717, 1.165) is 19.4 Å². The molecule has 4 nitrogen and oxygen atoms in total. The number of piperazine rings is 1. The molecule has 2 atom stereocenters. The van der Waals surface area contributed by atoms with Crippen molar-refractivity contribution in [1.29, 1.82) is 0 Å². The highest BCUT2D eigenvalue weighted by Gasteiger charge is 2.49. The summed E-state index contributed by atoms with van der Waals surface area (Å²) >= 11 is 1.83. The van der Waals surface area contributed by atoms with E-state index in [1.165, 1.54) is 0 Å². The van der Waals surface area contributed by atoms with Gasteiger partial charge in [0.05, 0.1) is 0 Å². The van der Waals surface area contributed by atoms with E-state index in [4.69, 9.17) is 0 Å². The lowest BCUT2D eigenvalue weighted by molar-refractivity contribution is -0.151. The van der Waals surface area contributed by atoms with Gasteiger partial charge >= 0.3 is 0 Å². The van der Waals surface area contributed by atoms with Crippen LogP contribution in [-0.4, -0.2) is 46.3 Å². The molecular weight excluding hydrogens is 260 g/mol. The summed E-state index contributed by atoms with van der Waals surface area (Å²) in [5.74, 6) is 0.263. The van der Waals surface area contributed by atoms with Gasteiger partial charge in [0.2, 0.25) is 11.8 Å². The minimum Gasteiger partial charge on any atom is -0.343 e. The molecule has 2 aliphatic rings. The third-order valence-electron chi connectivity index (χ3n) is 4.24. The molecule has 1 aliphatic carbocycles. The third-order valence-corrected chi connectivity index (χ3v) is 5.64. The highest BCUT2D eigenvalue weighted by Crippen LogP contribution is 2.48. The van der Waals surface area contributed by atoms with Crippen LogP contribution in [0.3, 0.4) is 0 Å². The minimum atomic E-state index is -0.333. The largest absolute Gasteiger partial charge is 0.343 e. The Bertz CT molecular complexity index is 380.